The van der Waals surface area contributed by atoms with Gasteiger partial charge in [-0.15, -0.1) is 0 Å². The molecule has 0 spiro atoms. The summed E-state index contributed by atoms with van der Waals surface area (Å²) in [6, 6.07) is 17.4. The van der Waals surface area contributed by atoms with Gasteiger partial charge in [-0.1, -0.05) is 36.4 Å². The highest BCUT2D eigenvalue weighted by atomic mass is 31.2. The van der Waals surface area contributed by atoms with Crippen LogP contribution < -0.4 is 10.1 Å². The third-order valence-electron chi connectivity index (χ3n) is 4.98. The smallest absolute Gasteiger partial charge is 0.411 e. The average Bonchev–Trinajstić information content (AvgIpc) is 2.75. The van der Waals surface area contributed by atoms with Crippen molar-refractivity contribution >= 4 is 19.4 Å². The summed E-state index contributed by atoms with van der Waals surface area (Å²) >= 11 is 0. The van der Waals surface area contributed by atoms with Gasteiger partial charge >= 0.3 is 13.7 Å². The van der Waals surface area contributed by atoms with Crippen molar-refractivity contribution in [3.05, 3.63) is 88.5 Å². The molecule has 9 heteroatoms. The van der Waals surface area contributed by atoms with E-state index in [4.69, 9.17) is 19.3 Å². The van der Waals surface area contributed by atoms with Gasteiger partial charge in [-0.3, -0.25) is 9.88 Å². The highest BCUT2D eigenvalue weighted by molar-refractivity contribution is 7.51. The van der Waals surface area contributed by atoms with Gasteiger partial charge in [0.15, 0.2) is 6.35 Å². The number of hydrogen-bond acceptors (Lipinski definition) is 5. The quantitative estimate of drug-likeness (QED) is 0.346. The Morgan fingerprint density at radius 2 is 1.67 bits per heavy atom. The van der Waals surface area contributed by atoms with E-state index >= 15 is 0 Å². The fraction of sp³-hybridized carbons (Fsp3) is 0.208. The van der Waals surface area contributed by atoms with Crippen LogP contribution in [0, 0.1) is 13.8 Å². The average molecular weight is 471 g/mol. The normalized spacial score (nSPS) is 11.2. The summed E-state index contributed by atoms with van der Waals surface area (Å²) in [6.07, 6.45) is -0.881. The molecule has 33 heavy (non-hydrogen) atoms. The molecule has 0 aliphatic heterocycles. The summed E-state index contributed by atoms with van der Waals surface area (Å²) in [6.45, 7) is 3.86. The number of aryl methyl sites for hydroxylation is 2. The second-order valence-corrected chi connectivity index (χ2v) is 9.27. The Labute approximate surface area is 192 Å². The Morgan fingerprint density at radius 1 is 1.00 bits per heavy atom. The molecule has 3 rings (SSSR count). The molecule has 0 aliphatic rings. The molecular formula is C24H26NO7P. The molecule has 0 heterocycles. The van der Waals surface area contributed by atoms with Crippen LogP contribution in [0.3, 0.4) is 0 Å². The van der Waals surface area contributed by atoms with Crippen LogP contribution in [0.25, 0.3) is 0 Å². The van der Waals surface area contributed by atoms with Crippen LogP contribution in [0.2, 0.25) is 0 Å². The van der Waals surface area contributed by atoms with Crippen LogP contribution in [0.5, 0.6) is 11.5 Å². The first-order valence-electron chi connectivity index (χ1n) is 10.2. The van der Waals surface area contributed by atoms with Gasteiger partial charge in [0, 0.05) is 12.5 Å². The zero-order valence-corrected chi connectivity index (χ0v) is 19.2. The van der Waals surface area contributed by atoms with Crippen molar-refractivity contribution in [2.45, 2.75) is 26.9 Å². The fourth-order valence-electron chi connectivity index (χ4n) is 3.37. The standard InChI is InChI=1S/C24H26NO7P/c1-16-10-21(32-15-33(28,29)30)11-17(2)22(16)12-19-8-9-20(26)13-23(19)25-24(27)31-14-18-6-4-3-5-7-18/h3-11,13,26H,12,14-15H2,1-2H3,(H,25,27)(H2,28,29,30). The number of aromatic hydroxyl groups is 1. The van der Waals surface area contributed by atoms with Crippen molar-refractivity contribution in [3.63, 3.8) is 0 Å². The first-order chi connectivity index (χ1) is 15.6. The lowest BCUT2D eigenvalue weighted by Gasteiger charge is -2.16. The van der Waals surface area contributed by atoms with E-state index in [0.29, 0.717) is 17.9 Å². The Kier molecular flexibility index (Phi) is 7.76. The van der Waals surface area contributed by atoms with Gasteiger partial charge in [0.05, 0.1) is 5.69 Å². The maximum Gasteiger partial charge on any atom is 0.411 e. The number of phenolic OH excluding ortho intramolecular Hbond substituents is 1. The second-order valence-electron chi connectivity index (χ2n) is 7.68. The number of rotatable bonds is 8. The van der Waals surface area contributed by atoms with E-state index < -0.39 is 20.0 Å². The lowest BCUT2D eigenvalue weighted by atomic mass is 9.95. The molecule has 0 unspecified atom stereocenters. The van der Waals surface area contributed by atoms with Crippen molar-refractivity contribution in [1.29, 1.82) is 0 Å². The molecule has 0 fully saturated rings. The minimum atomic E-state index is -4.28. The number of carbonyl (C=O) groups excluding carboxylic acids is 1. The molecule has 0 saturated carbocycles. The van der Waals surface area contributed by atoms with Crippen LogP contribution in [0.15, 0.2) is 60.7 Å². The Hall–Kier alpha value is -3.32. The molecule has 0 aromatic heterocycles. The van der Waals surface area contributed by atoms with E-state index in [1.165, 1.54) is 12.1 Å². The number of nitrogens with one attached hydrogen (secondary N) is 1. The van der Waals surface area contributed by atoms with Crippen molar-refractivity contribution in [2.24, 2.45) is 0 Å². The highest BCUT2D eigenvalue weighted by Gasteiger charge is 2.16. The van der Waals surface area contributed by atoms with Gasteiger partial charge in [-0.2, -0.15) is 0 Å². The van der Waals surface area contributed by atoms with Crippen molar-refractivity contribution < 1.29 is 33.7 Å². The summed E-state index contributed by atoms with van der Waals surface area (Å²) in [5, 5.41) is 12.6. The lowest BCUT2D eigenvalue weighted by molar-refractivity contribution is 0.155. The molecule has 3 aromatic rings. The van der Waals surface area contributed by atoms with Crippen molar-refractivity contribution in [2.75, 3.05) is 11.7 Å². The highest BCUT2D eigenvalue weighted by Crippen LogP contribution is 2.35. The Balaban J connectivity index is 1.75. The first kappa shape index (κ1) is 24.3. The molecule has 0 aliphatic carbocycles. The Bertz CT molecular complexity index is 1150. The molecule has 0 atom stereocenters. The van der Waals surface area contributed by atoms with E-state index in [-0.39, 0.29) is 12.4 Å². The van der Waals surface area contributed by atoms with Gasteiger partial charge < -0.3 is 24.4 Å². The number of amides is 1. The molecule has 1 amide bonds. The maximum absolute atomic E-state index is 12.3. The molecule has 8 nitrogen and oxygen atoms in total. The van der Waals surface area contributed by atoms with Crippen molar-refractivity contribution in [3.8, 4) is 11.5 Å². The van der Waals surface area contributed by atoms with E-state index in [1.807, 2.05) is 44.2 Å². The van der Waals surface area contributed by atoms with Crippen LogP contribution >= 0.6 is 7.60 Å². The van der Waals surface area contributed by atoms with Crippen LogP contribution in [-0.4, -0.2) is 27.3 Å². The van der Waals surface area contributed by atoms with E-state index in [2.05, 4.69) is 5.32 Å². The molecule has 3 aromatic carbocycles. The summed E-state index contributed by atoms with van der Waals surface area (Å²) in [5.74, 6) is 0.373. The molecule has 0 radical (unpaired) electrons. The van der Waals surface area contributed by atoms with Gasteiger partial charge in [0.1, 0.15) is 18.1 Å². The van der Waals surface area contributed by atoms with Crippen LogP contribution in [0.4, 0.5) is 10.5 Å². The number of ether oxygens (including phenoxy) is 2. The molecule has 4 N–H and O–H groups in total. The topological polar surface area (TPSA) is 125 Å². The third kappa shape index (κ3) is 7.36. The monoisotopic (exact) mass is 471 g/mol. The summed E-state index contributed by atoms with van der Waals surface area (Å²) in [4.78, 5) is 30.4. The van der Waals surface area contributed by atoms with Gasteiger partial charge in [-0.25, -0.2) is 4.79 Å². The molecule has 174 valence electrons. The predicted octanol–water partition coefficient (Wildman–Crippen LogP) is 4.86. The zero-order chi connectivity index (χ0) is 24.0. The number of phenols is 1. The third-order valence-corrected chi connectivity index (χ3v) is 5.44. The Morgan fingerprint density at radius 3 is 2.30 bits per heavy atom. The predicted molar refractivity (Wildman–Crippen MR) is 125 cm³/mol. The lowest BCUT2D eigenvalue weighted by Crippen LogP contribution is -2.15. The van der Waals surface area contributed by atoms with Gasteiger partial charge in [-0.05, 0) is 59.9 Å². The molecule has 0 bridgehead atoms. The zero-order valence-electron chi connectivity index (χ0n) is 18.3. The van der Waals surface area contributed by atoms with Crippen molar-refractivity contribution in [1.82, 2.24) is 0 Å². The minimum Gasteiger partial charge on any atom is -0.508 e. The van der Waals surface area contributed by atoms with E-state index in [0.717, 1.165) is 27.8 Å². The maximum atomic E-state index is 12.3. The van der Waals surface area contributed by atoms with E-state index in [1.54, 1.807) is 18.2 Å². The summed E-state index contributed by atoms with van der Waals surface area (Å²) in [7, 11) is -4.28. The number of hydrogen-bond donors (Lipinski definition) is 4. The van der Waals surface area contributed by atoms with Crippen LogP contribution in [0.1, 0.15) is 27.8 Å². The first-order valence-corrected chi connectivity index (χ1v) is 12.0. The largest absolute Gasteiger partial charge is 0.508 e. The minimum absolute atomic E-state index is 0.00624. The van der Waals surface area contributed by atoms with Gasteiger partial charge in [0.25, 0.3) is 0 Å². The number of anilines is 1. The SMILES string of the molecule is Cc1cc(OCP(=O)(O)O)cc(C)c1Cc1ccc(O)cc1NC(=O)OCc1ccccc1. The molecular weight excluding hydrogens is 445 g/mol. The van der Waals surface area contributed by atoms with E-state index in [9.17, 15) is 14.5 Å². The summed E-state index contributed by atoms with van der Waals surface area (Å²) in [5.41, 5.74) is 4.73. The summed E-state index contributed by atoms with van der Waals surface area (Å²) < 4.78 is 21.6. The fourth-order valence-corrected chi connectivity index (χ4v) is 3.69. The number of carbonyl (C=O) groups is 1. The van der Waals surface area contributed by atoms with Crippen LogP contribution in [-0.2, 0) is 22.3 Å². The van der Waals surface area contributed by atoms with Gasteiger partial charge in [0.2, 0.25) is 0 Å². The number of benzene rings is 3. The molecule has 0 saturated heterocycles. The second kappa shape index (κ2) is 10.5.